The number of fused-ring (bicyclic) bond motifs is 2. The van der Waals surface area contributed by atoms with E-state index in [1.165, 1.54) is 4.68 Å². The van der Waals surface area contributed by atoms with Gasteiger partial charge in [-0.05, 0) is 36.3 Å². The largest absolute Gasteiger partial charge is 0.381 e. The Hall–Kier alpha value is -5.70. The topological polar surface area (TPSA) is 175 Å². The molecule has 1 amide bonds. The molecule has 1 aromatic carbocycles. The van der Waals surface area contributed by atoms with E-state index in [1.54, 1.807) is 35.3 Å². The number of nitrogens with one attached hydrogen (secondary N) is 2. The molecule has 4 aromatic heterocycles. The number of aromatic nitrogens is 7. The molecule has 12 nitrogen and oxygen atoms in total. The maximum absolute atomic E-state index is 13.2. The number of nitrogens with zero attached hydrogens (tertiary/aromatic N) is 6. The van der Waals surface area contributed by atoms with E-state index in [9.17, 15) is 9.59 Å². The summed E-state index contributed by atoms with van der Waals surface area (Å²) in [6.45, 7) is 2.61. The van der Waals surface area contributed by atoms with E-state index < -0.39 is 5.91 Å². The lowest BCUT2D eigenvalue weighted by Crippen LogP contribution is -2.23. The molecule has 39 heavy (non-hydrogen) atoms. The van der Waals surface area contributed by atoms with Crippen LogP contribution in [0.2, 0.25) is 0 Å². The van der Waals surface area contributed by atoms with Crippen LogP contribution in [-0.2, 0) is 6.42 Å². The molecule has 5 aromatic rings. The molecule has 0 radical (unpaired) electrons. The van der Waals surface area contributed by atoms with Gasteiger partial charge in [0.1, 0.15) is 28.3 Å². The van der Waals surface area contributed by atoms with Gasteiger partial charge in [-0.15, -0.1) is 5.10 Å². The van der Waals surface area contributed by atoms with Gasteiger partial charge in [0.05, 0.1) is 5.69 Å². The molecule has 194 valence electrons. The molecule has 0 atom stereocenters. The molecular weight excluding hydrogens is 496 g/mol. The second kappa shape index (κ2) is 10.7. The highest BCUT2D eigenvalue weighted by molar-refractivity contribution is 6.02. The molecule has 6 rings (SSSR count). The zero-order valence-electron chi connectivity index (χ0n) is 20.9. The number of amides is 1. The van der Waals surface area contributed by atoms with Crippen LogP contribution in [0.3, 0.4) is 0 Å². The van der Waals surface area contributed by atoms with E-state index in [-0.39, 0.29) is 16.9 Å². The molecule has 0 saturated carbocycles. The summed E-state index contributed by atoms with van der Waals surface area (Å²) < 4.78 is 3.12. The van der Waals surface area contributed by atoms with Crippen molar-refractivity contribution in [3.8, 4) is 17.5 Å². The Morgan fingerprint density at radius 1 is 1.13 bits per heavy atom. The average Bonchev–Trinajstić information content (AvgIpc) is 3.53. The van der Waals surface area contributed by atoms with Crippen LogP contribution in [0.1, 0.15) is 34.4 Å². The predicted molar refractivity (Wildman–Crippen MR) is 148 cm³/mol. The number of primary amides is 1. The number of anilines is 2. The number of carbonyl (C=O) groups is 1. The number of nitrogen functional groups attached to an aromatic ring is 1. The molecule has 0 spiro atoms. The Bertz CT molecular complexity index is 1810. The molecular formula is C27H24N10O2. The minimum Gasteiger partial charge on any atom is -0.381 e. The van der Waals surface area contributed by atoms with Crippen LogP contribution in [0.15, 0.2) is 65.7 Å². The molecule has 1 aliphatic rings. The van der Waals surface area contributed by atoms with E-state index >= 15 is 0 Å². The number of H-pyrrole nitrogens is 1. The van der Waals surface area contributed by atoms with Crippen molar-refractivity contribution >= 4 is 34.8 Å². The van der Waals surface area contributed by atoms with E-state index in [0.717, 1.165) is 11.3 Å². The average molecular weight is 521 g/mol. The SMILES string of the molecule is CCc1nc2n[nH]c(C#Cc3ccncc3)c2c(=O)n1-c1ccccc1.NC(=O)c1c(N)nn2c1NCC=C2. The highest BCUT2D eigenvalue weighted by Gasteiger charge is 2.20. The van der Waals surface area contributed by atoms with E-state index in [2.05, 4.69) is 42.4 Å². The van der Waals surface area contributed by atoms with E-state index in [4.69, 9.17) is 11.5 Å². The van der Waals surface area contributed by atoms with Gasteiger partial charge in [-0.1, -0.05) is 31.0 Å². The number of aromatic amines is 1. The third-order valence-corrected chi connectivity index (χ3v) is 5.82. The lowest BCUT2D eigenvalue weighted by Gasteiger charge is -2.10. The quantitative estimate of drug-likeness (QED) is 0.261. The number of hydrogen-bond donors (Lipinski definition) is 4. The predicted octanol–water partition coefficient (Wildman–Crippen LogP) is 1.93. The molecule has 5 heterocycles. The Kier molecular flexibility index (Phi) is 6.87. The summed E-state index contributed by atoms with van der Waals surface area (Å²) in [5.74, 6) is 6.82. The summed E-state index contributed by atoms with van der Waals surface area (Å²) in [4.78, 5) is 32.7. The van der Waals surface area contributed by atoms with Gasteiger partial charge >= 0.3 is 0 Å². The fraction of sp³-hybridized carbons (Fsp3) is 0.111. The van der Waals surface area contributed by atoms with Crippen LogP contribution in [-0.4, -0.2) is 47.0 Å². The molecule has 1 aliphatic heterocycles. The van der Waals surface area contributed by atoms with E-state index in [0.29, 0.717) is 41.3 Å². The first kappa shape index (κ1) is 25.0. The zero-order valence-corrected chi connectivity index (χ0v) is 20.9. The first-order valence-electron chi connectivity index (χ1n) is 12.0. The van der Waals surface area contributed by atoms with Crippen molar-refractivity contribution in [2.75, 3.05) is 17.6 Å². The van der Waals surface area contributed by atoms with Crippen LogP contribution in [0.5, 0.6) is 0 Å². The van der Waals surface area contributed by atoms with Gasteiger partial charge in [0.15, 0.2) is 11.5 Å². The monoisotopic (exact) mass is 520 g/mol. The third kappa shape index (κ3) is 4.96. The van der Waals surface area contributed by atoms with Crippen molar-refractivity contribution in [1.29, 1.82) is 0 Å². The van der Waals surface area contributed by atoms with Gasteiger partial charge in [0.25, 0.3) is 11.5 Å². The van der Waals surface area contributed by atoms with Crippen LogP contribution in [0.4, 0.5) is 11.6 Å². The van der Waals surface area contributed by atoms with Gasteiger partial charge in [-0.3, -0.25) is 24.2 Å². The Morgan fingerprint density at radius 3 is 2.62 bits per heavy atom. The van der Waals surface area contributed by atoms with Crippen molar-refractivity contribution in [3.63, 3.8) is 0 Å². The lowest BCUT2D eigenvalue weighted by molar-refractivity contribution is 0.100. The number of aryl methyl sites for hydroxylation is 1. The Balaban J connectivity index is 0.000000198. The van der Waals surface area contributed by atoms with Crippen LogP contribution in [0, 0.1) is 11.8 Å². The number of rotatable bonds is 3. The minimum absolute atomic E-state index is 0.154. The molecule has 6 N–H and O–H groups in total. The normalized spacial score (nSPS) is 11.5. The lowest BCUT2D eigenvalue weighted by atomic mass is 10.2. The summed E-state index contributed by atoms with van der Waals surface area (Å²) in [7, 11) is 0. The van der Waals surface area contributed by atoms with Crippen molar-refractivity contribution in [1.82, 2.24) is 34.5 Å². The van der Waals surface area contributed by atoms with Crippen molar-refractivity contribution in [3.05, 3.63) is 93.9 Å². The van der Waals surface area contributed by atoms with Gasteiger partial charge in [0, 0.05) is 37.1 Å². The summed E-state index contributed by atoms with van der Waals surface area (Å²) in [5.41, 5.74) is 13.2. The second-order valence-corrected chi connectivity index (χ2v) is 8.32. The number of carbonyl (C=O) groups excluding carboxylic acids is 1. The molecule has 12 heteroatoms. The van der Waals surface area contributed by atoms with Crippen LogP contribution in [0.25, 0.3) is 22.9 Å². The summed E-state index contributed by atoms with van der Waals surface area (Å²) in [6, 6.07) is 13.1. The molecule has 0 unspecified atom stereocenters. The standard InChI is InChI=1S/C20H15N5O.C7H9N5O/c1-2-17-22-19-18(20(26)25(17)15-6-4-3-5-7-15)16(23-24-19)9-8-14-10-12-21-13-11-14;8-5-4(6(9)13)7-10-2-1-3-12(7)11-5/h3-7,10-13H,2H2,1H3,(H,23,24);1,3,10H,2H2,(H2,8,11)(H2,9,13). The van der Waals surface area contributed by atoms with Crippen LogP contribution >= 0.6 is 0 Å². The van der Waals surface area contributed by atoms with E-state index in [1.807, 2.05) is 43.3 Å². The first-order valence-corrected chi connectivity index (χ1v) is 12.0. The van der Waals surface area contributed by atoms with Crippen molar-refractivity contribution in [2.45, 2.75) is 13.3 Å². The smallest absolute Gasteiger partial charge is 0.270 e. The van der Waals surface area contributed by atoms with Crippen LogP contribution < -0.4 is 22.3 Å². The molecule has 0 bridgehead atoms. The van der Waals surface area contributed by atoms with Gasteiger partial charge in [-0.2, -0.15) is 5.10 Å². The van der Waals surface area contributed by atoms with Gasteiger partial charge in [0.2, 0.25) is 0 Å². The fourth-order valence-electron chi connectivity index (χ4n) is 4.04. The Morgan fingerprint density at radius 2 is 1.90 bits per heavy atom. The van der Waals surface area contributed by atoms with Gasteiger partial charge in [-0.25, -0.2) is 9.67 Å². The summed E-state index contributed by atoms with van der Waals surface area (Å²) >= 11 is 0. The maximum atomic E-state index is 13.2. The number of nitrogens with two attached hydrogens (primary N) is 2. The highest BCUT2D eigenvalue weighted by atomic mass is 16.1. The second-order valence-electron chi connectivity index (χ2n) is 8.32. The highest BCUT2D eigenvalue weighted by Crippen LogP contribution is 2.23. The minimum atomic E-state index is -0.568. The first-order chi connectivity index (χ1) is 19.0. The van der Waals surface area contributed by atoms with Crippen molar-refractivity contribution in [2.24, 2.45) is 5.73 Å². The zero-order chi connectivity index (χ0) is 27.4. The van der Waals surface area contributed by atoms with Gasteiger partial charge < -0.3 is 16.8 Å². The Labute approximate surface area is 222 Å². The number of benzene rings is 1. The molecule has 0 aliphatic carbocycles. The number of para-hydroxylation sites is 1. The summed E-state index contributed by atoms with van der Waals surface area (Å²) in [5, 5.41) is 14.3. The number of hydrogen-bond acceptors (Lipinski definition) is 8. The molecule has 0 saturated heterocycles. The number of pyridine rings is 1. The molecule has 0 fully saturated rings. The van der Waals surface area contributed by atoms with Crippen molar-refractivity contribution < 1.29 is 4.79 Å². The third-order valence-electron chi connectivity index (χ3n) is 5.82. The fourth-order valence-corrected chi connectivity index (χ4v) is 4.04. The maximum Gasteiger partial charge on any atom is 0.270 e. The summed E-state index contributed by atoms with van der Waals surface area (Å²) in [6.07, 6.45) is 7.56.